The number of anilines is 1. The molecule has 0 aliphatic heterocycles. The van der Waals surface area contributed by atoms with E-state index in [4.69, 9.17) is 0 Å². The SMILES string of the molecule is CN(CCCNc1ccncc1Br)C1CCCCC1. The first-order chi connectivity index (χ1) is 9.27. The molecule has 1 heterocycles. The van der Waals surface area contributed by atoms with E-state index in [0.717, 1.165) is 22.7 Å². The van der Waals surface area contributed by atoms with Gasteiger partial charge in [-0.15, -0.1) is 0 Å². The summed E-state index contributed by atoms with van der Waals surface area (Å²) in [6.45, 7) is 2.19. The number of rotatable bonds is 6. The molecule has 1 aliphatic carbocycles. The predicted molar refractivity (Wildman–Crippen MR) is 84.5 cm³/mol. The van der Waals surface area contributed by atoms with Crippen LogP contribution in [0.25, 0.3) is 0 Å². The molecule has 3 nitrogen and oxygen atoms in total. The lowest BCUT2D eigenvalue weighted by Crippen LogP contribution is -2.34. The molecule has 0 spiro atoms. The number of hydrogen-bond donors (Lipinski definition) is 1. The first-order valence-electron chi connectivity index (χ1n) is 7.31. The Morgan fingerprint density at radius 1 is 1.37 bits per heavy atom. The molecule has 0 unspecified atom stereocenters. The Morgan fingerprint density at radius 3 is 2.89 bits per heavy atom. The topological polar surface area (TPSA) is 28.2 Å². The van der Waals surface area contributed by atoms with Gasteiger partial charge in [0, 0.05) is 25.0 Å². The zero-order valence-electron chi connectivity index (χ0n) is 11.7. The first-order valence-corrected chi connectivity index (χ1v) is 8.10. The predicted octanol–water partition coefficient (Wildman–Crippen LogP) is 3.91. The molecule has 4 heteroatoms. The highest BCUT2D eigenvalue weighted by atomic mass is 79.9. The van der Waals surface area contributed by atoms with Crippen LogP contribution in [0.5, 0.6) is 0 Å². The van der Waals surface area contributed by atoms with Crippen LogP contribution in [0, 0.1) is 0 Å². The summed E-state index contributed by atoms with van der Waals surface area (Å²) in [5.74, 6) is 0. The maximum Gasteiger partial charge on any atom is 0.0590 e. The summed E-state index contributed by atoms with van der Waals surface area (Å²) in [7, 11) is 2.28. The Balaban J connectivity index is 1.65. The third-order valence-corrected chi connectivity index (χ3v) is 4.61. The largest absolute Gasteiger partial charge is 0.384 e. The highest BCUT2D eigenvalue weighted by molar-refractivity contribution is 9.10. The molecular formula is C15H24BrN3. The number of pyridine rings is 1. The second-order valence-electron chi connectivity index (χ2n) is 5.41. The van der Waals surface area contributed by atoms with Gasteiger partial charge in [-0.05, 0) is 54.9 Å². The molecule has 1 saturated carbocycles. The van der Waals surface area contributed by atoms with E-state index < -0.39 is 0 Å². The molecule has 1 N–H and O–H groups in total. The molecule has 0 bridgehead atoms. The summed E-state index contributed by atoms with van der Waals surface area (Å²) in [6.07, 6.45) is 11.9. The molecule has 1 aromatic heterocycles. The molecule has 1 aromatic rings. The molecular weight excluding hydrogens is 302 g/mol. The fraction of sp³-hybridized carbons (Fsp3) is 0.667. The number of hydrogen-bond acceptors (Lipinski definition) is 3. The van der Waals surface area contributed by atoms with E-state index in [1.807, 2.05) is 18.5 Å². The number of nitrogens with one attached hydrogen (secondary N) is 1. The Labute approximate surface area is 124 Å². The van der Waals surface area contributed by atoms with E-state index >= 15 is 0 Å². The summed E-state index contributed by atoms with van der Waals surface area (Å²) >= 11 is 3.50. The molecule has 2 rings (SSSR count). The average molecular weight is 326 g/mol. The molecule has 0 amide bonds. The molecule has 0 atom stereocenters. The van der Waals surface area contributed by atoms with Crippen LogP contribution in [-0.4, -0.2) is 36.1 Å². The van der Waals surface area contributed by atoms with Gasteiger partial charge < -0.3 is 10.2 Å². The van der Waals surface area contributed by atoms with Crippen molar-refractivity contribution in [2.24, 2.45) is 0 Å². The quantitative estimate of drug-likeness (QED) is 0.804. The second kappa shape index (κ2) is 7.85. The molecule has 106 valence electrons. The van der Waals surface area contributed by atoms with Gasteiger partial charge in [0.15, 0.2) is 0 Å². The van der Waals surface area contributed by atoms with Crippen LogP contribution in [-0.2, 0) is 0 Å². The normalized spacial score (nSPS) is 16.8. The van der Waals surface area contributed by atoms with Gasteiger partial charge in [0.1, 0.15) is 0 Å². The Bertz CT molecular complexity index is 377. The van der Waals surface area contributed by atoms with E-state index in [0.29, 0.717) is 0 Å². The van der Waals surface area contributed by atoms with Gasteiger partial charge in [0.2, 0.25) is 0 Å². The van der Waals surface area contributed by atoms with E-state index in [2.05, 4.69) is 38.2 Å². The molecule has 1 aliphatic rings. The van der Waals surface area contributed by atoms with Gasteiger partial charge in [0.25, 0.3) is 0 Å². The van der Waals surface area contributed by atoms with Crippen LogP contribution in [0.1, 0.15) is 38.5 Å². The van der Waals surface area contributed by atoms with E-state index in [9.17, 15) is 0 Å². The lowest BCUT2D eigenvalue weighted by molar-refractivity contribution is 0.191. The van der Waals surface area contributed by atoms with Crippen molar-refractivity contribution in [2.75, 3.05) is 25.5 Å². The van der Waals surface area contributed by atoms with Crippen LogP contribution in [0.4, 0.5) is 5.69 Å². The van der Waals surface area contributed by atoms with Crippen molar-refractivity contribution in [3.63, 3.8) is 0 Å². The average Bonchev–Trinajstić information content (AvgIpc) is 2.46. The van der Waals surface area contributed by atoms with Gasteiger partial charge in [-0.25, -0.2) is 0 Å². The summed E-state index contributed by atoms with van der Waals surface area (Å²) in [5, 5.41) is 3.46. The lowest BCUT2D eigenvalue weighted by Gasteiger charge is -2.31. The van der Waals surface area contributed by atoms with Crippen LogP contribution >= 0.6 is 15.9 Å². The van der Waals surface area contributed by atoms with Crippen molar-refractivity contribution in [1.82, 2.24) is 9.88 Å². The van der Waals surface area contributed by atoms with Crippen LogP contribution in [0.15, 0.2) is 22.9 Å². The van der Waals surface area contributed by atoms with Crippen molar-refractivity contribution >= 4 is 21.6 Å². The maximum absolute atomic E-state index is 4.07. The van der Waals surface area contributed by atoms with Crippen molar-refractivity contribution < 1.29 is 0 Å². The monoisotopic (exact) mass is 325 g/mol. The highest BCUT2D eigenvalue weighted by Crippen LogP contribution is 2.22. The van der Waals surface area contributed by atoms with E-state index in [-0.39, 0.29) is 0 Å². The van der Waals surface area contributed by atoms with Gasteiger partial charge in [-0.1, -0.05) is 19.3 Å². The van der Waals surface area contributed by atoms with Crippen LogP contribution in [0.3, 0.4) is 0 Å². The summed E-state index contributed by atoms with van der Waals surface area (Å²) < 4.78 is 1.04. The maximum atomic E-state index is 4.07. The number of aromatic nitrogens is 1. The summed E-state index contributed by atoms with van der Waals surface area (Å²) in [4.78, 5) is 6.61. The minimum atomic E-state index is 0.821. The van der Waals surface area contributed by atoms with Crippen LogP contribution in [0.2, 0.25) is 0 Å². The molecule has 19 heavy (non-hydrogen) atoms. The molecule has 0 aromatic carbocycles. The minimum Gasteiger partial charge on any atom is -0.384 e. The smallest absolute Gasteiger partial charge is 0.0590 e. The summed E-state index contributed by atoms with van der Waals surface area (Å²) in [5.41, 5.74) is 1.13. The standard InChI is InChI=1S/C15H24BrN3/c1-19(13-6-3-2-4-7-13)11-5-9-18-15-8-10-17-12-14(15)16/h8,10,12-13H,2-7,9,11H2,1H3,(H,17,18). The molecule has 0 radical (unpaired) electrons. The van der Waals surface area contributed by atoms with Crippen molar-refractivity contribution in [1.29, 1.82) is 0 Å². The zero-order valence-corrected chi connectivity index (χ0v) is 13.3. The van der Waals surface area contributed by atoms with Gasteiger partial charge >= 0.3 is 0 Å². The van der Waals surface area contributed by atoms with Gasteiger partial charge in [-0.2, -0.15) is 0 Å². The van der Waals surface area contributed by atoms with E-state index in [1.165, 1.54) is 45.1 Å². The minimum absolute atomic E-state index is 0.821. The summed E-state index contributed by atoms with van der Waals surface area (Å²) in [6, 6.07) is 2.83. The zero-order chi connectivity index (χ0) is 13.5. The number of halogens is 1. The van der Waals surface area contributed by atoms with Crippen molar-refractivity contribution in [2.45, 2.75) is 44.6 Å². The molecule has 0 saturated heterocycles. The Hall–Kier alpha value is -0.610. The Morgan fingerprint density at radius 2 is 2.16 bits per heavy atom. The fourth-order valence-electron chi connectivity index (χ4n) is 2.77. The van der Waals surface area contributed by atoms with Crippen LogP contribution < -0.4 is 5.32 Å². The lowest BCUT2D eigenvalue weighted by atomic mass is 9.94. The van der Waals surface area contributed by atoms with Gasteiger partial charge in [-0.3, -0.25) is 4.98 Å². The third-order valence-electron chi connectivity index (χ3n) is 3.97. The fourth-order valence-corrected chi connectivity index (χ4v) is 3.17. The number of nitrogens with zero attached hydrogens (tertiary/aromatic N) is 2. The third kappa shape index (κ3) is 4.77. The second-order valence-corrected chi connectivity index (χ2v) is 6.26. The highest BCUT2D eigenvalue weighted by Gasteiger charge is 2.17. The first kappa shape index (κ1) is 14.8. The molecule has 1 fully saturated rings. The Kier molecular flexibility index (Phi) is 6.11. The van der Waals surface area contributed by atoms with Crippen molar-refractivity contribution in [3.8, 4) is 0 Å². The van der Waals surface area contributed by atoms with Crippen molar-refractivity contribution in [3.05, 3.63) is 22.9 Å². The van der Waals surface area contributed by atoms with E-state index in [1.54, 1.807) is 0 Å². The van der Waals surface area contributed by atoms with Gasteiger partial charge in [0.05, 0.1) is 10.2 Å².